The van der Waals surface area contributed by atoms with Crippen molar-refractivity contribution in [3.8, 4) is 11.5 Å². The highest BCUT2D eigenvalue weighted by Gasteiger charge is 2.07. The maximum atomic E-state index is 6.15. The average molecular weight is 429 g/mol. The van der Waals surface area contributed by atoms with Crippen molar-refractivity contribution in [3.63, 3.8) is 0 Å². The highest BCUT2D eigenvalue weighted by molar-refractivity contribution is 6.31. The van der Waals surface area contributed by atoms with Crippen molar-refractivity contribution >= 4 is 29.4 Å². The summed E-state index contributed by atoms with van der Waals surface area (Å²) < 4.78 is 11.7. The van der Waals surface area contributed by atoms with Gasteiger partial charge in [0.05, 0.1) is 19.4 Å². The molecule has 6 heteroatoms. The first-order chi connectivity index (χ1) is 14.2. The fourth-order valence-corrected chi connectivity index (χ4v) is 3.09. The van der Waals surface area contributed by atoms with Crippen LogP contribution < -0.4 is 14.9 Å². The lowest BCUT2D eigenvalue weighted by Crippen LogP contribution is -2.06. The molecule has 0 spiro atoms. The van der Waals surface area contributed by atoms with Gasteiger partial charge >= 0.3 is 0 Å². The normalized spacial score (nSPS) is 10.9. The first kappa shape index (κ1) is 21.0. The molecule has 0 aliphatic heterocycles. The Balaban J connectivity index is 1.63. The SMILES string of the molecule is CCOc1cc(/C=N\NCc2ccccc2Cl)ccc1OCc1cccc(Cl)c1. The molecule has 0 aromatic heterocycles. The number of nitrogens with zero attached hydrogens (tertiary/aromatic N) is 1. The van der Waals surface area contributed by atoms with Gasteiger partial charge < -0.3 is 14.9 Å². The number of benzene rings is 3. The molecule has 1 N–H and O–H groups in total. The Labute approximate surface area is 181 Å². The zero-order valence-electron chi connectivity index (χ0n) is 16.1. The molecule has 0 aliphatic rings. The Morgan fingerprint density at radius 3 is 2.59 bits per heavy atom. The number of hydrogen-bond acceptors (Lipinski definition) is 4. The summed E-state index contributed by atoms with van der Waals surface area (Å²) in [6.07, 6.45) is 1.74. The van der Waals surface area contributed by atoms with Crippen LogP contribution >= 0.6 is 23.2 Å². The van der Waals surface area contributed by atoms with E-state index in [-0.39, 0.29) is 0 Å². The van der Waals surface area contributed by atoms with Crippen LogP contribution in [0.5, 0.6) is 11.5 Å². The number of nitrogens with one attached hydrogen (secondary N) is 1. The van der Waals surface area contributed by atoms with Gasteiger partial charge in [-0.15, -0.1) is 0 Å². The second-order valence-corrected chi connectivity index (χ2v) is 7.09. The molecule has 0 heterocycles. The Hall–Kier alpha value is -2.69. The van der Waals surface area contributed by atoms with E-state index in [1.54, 1.807) is 6.21 Å². The third-order valence-corrected chi connectivity index (χ3v) is 4.69. The van der Waals surface area contributed by atoms with Crippen LogP contribution in [0.1, 0.15) is 23.6 Å². The van der Waals surface area contributed by atoms with Crippen LogP contribution in [0.25, 0.3) is 0 Å². The first-order valence-corrected chi connectivity index (χ1v) is 10.0. The second-order valence-electron chi connectivity index (χ2n) is 6.24. The molecule has 3 aromatic carbocycles. The molecule has 29 heavy (non-hydrogen) atoms. The maximum Gasteiger partial charge on any atom is 0.161 e. The Bertz CT molecular complexity index is 977. The quantitative estimate of drug-likeness (QED) is 0.330. The van der Waals surface area contributed by atoms with Crippen molar-refractivity contribution in [1.29, 1.82) is 0 Å². The van der Waals surface area contributed by atoms with Crippen molar-refractivity contribution < 1.29 is 9.47 Å². The molecular weight excluding hydrogens is 407 g/mol. The molecule has 0 saturated carbocycles. The molecule has 0 aliphatic carbocycles. The summed E-state index contributed by atoms with van der Waals surface area (Å²) >= 11 is 12.2. The van der Waals surface area contributed by atoms with Gasteiger partial charge in [0.15, 0.2) is 11.5 Å². The minimum atomic E-state index is 0.410. The van der Waals surface area contributed by atoms with Crippen LogP contribution in [-0.2, 0) is 13.2 Å². The molecular formula is C23H22Cl2N2O2. The summed E-state index contributed by atoms with van der Waals surface area (Å²) in [6, 6.07) is 21.0. The largest absolute Gasteiger partial charge is 0.490 e. The minimum Gasteiger partial charge on any atom is -0.490 e. The number of hydrogen-bond donors (Lipinski definition) is 1. The minimum absolute atomic E-state index is 0.410. The molecule has 0 saturated heterocycles. The summed E-state index contributed by atoms with van der Waals surface area (Å²) in [5, 5.41) is 5.67. The third kappa shape index (κ3) is 6.41. The monoisotopic (exact) mass is 428 g/mol. The van der Waals surface area contributed by atoms with Gasteiger partial charge in [-0.25, -0.2) is 0 Å². The summed E-state index contributed by atoms with van der Waals surface area (Å²) in [5.74, 6) is 1.34. The fourth-order valence-electron chi connectivity index (χ4n) is 2.67. The van der Waals surface area contributed by atoms with Crippen LogP contribution in [0, 0.1) is 0 Å². The zero-order chi connectivity index (χ0) is 20.5. The summed E-state index contributed by atoms with van der Waals surface area (Å²) in [5.41, 5.74) is 5.89. The zero-order valence-corrected chi connectivity index (χ0v) is 17.6. The molecule has 3 aromatic rings. The molecule has 0 bridgehead atoms. The molecule has 0 unspecified atom stereocenters. The van der Waals surface area contributed by atoms with Gasteiger partial charge in [0.2, 0.25) is 0 Å². The maximum absolute atomic E-state index is 6.15. The lowest BCUT2D eigenvalue weighted by atomic mass is 10.2. The van der Waals surface area contributed by atoms with E-state index in [2.05, 4.69) is 10.5 Å². The van der Waals surface area contributed by atoms with Crippen LogP contribution in [0.2, 0.25) is 10.0 Å². The van der Waals surface area contributed by atoms with E-state index >= 15 is 0 Å². The van der Waals surface area contributed by atoms with Gasteiger partial charge in [-0.1, -0.05) is 53.5 Å². The van der Waals surface area contributed by atoms with Crippen LogP contribution in [0.15, 0.2) is 71.8 Å². The number of rotatable bonds is 9. The van der Waals surface area contributed by atoms with Crippen LogP contribution in [0.4, 0.5) is 0 Å². The highest BCUT2D eigenvalue weighted by Crippen LogP contribution is 2.29. The van der Waals surface area contributed by atoms with E-state index < -0.39 is 0 Å². The average Bonchev–Trinajstić information content (AvgIpc) is 2.72. The van der Waals surface area contributed by atoms with Gasteiger partial charge in [-0.3, -0.25) is 0 Å². The van der Waals surface area contributed by atoms with Gasteiger partial charge in [-0.2, -0.15) is 5.10 Å². The van der Waals surface area contributed by atoms with E-state index in [0.29, 0.717) is 36.3 Å². The fraction of sp³-hybridized carbons (Fsp3) is 0.174. The number of halogens is 2. The van der Waals surface area contributed by atoms with Gasteiger partial charge in [0.25, 0.3) is 0 Å². The lowest BCUT2D eigenvalue weighted by Gasteiger charge is -2.13. The van der Waals surface area contributed by atoms with Crippen LogP contribution in [-0.4, -0.2) is 12.8 Å². The number of hydrazone groups is 1. The Morgan fingerprint density at radius 1 is 0.931 bits per heavy atom. The molecule has 150 valence electrons. The standard InChI is InChI=1S/C23H22Cl2N2O2/c1-2-28-23-13-17(14-26-27-15-19-7-3-4-9-21(19)25)10-11-22(23)29-16-18-6-5-8-20(24)12-18/h3-14,27H,2,15-16H2,1H3/b26-14-. The topological polar surface area (TPSA) is 42.8 Å². The molecule has 4 nitrogen and oxygen atoms in total. The molecule has 0 atom stereocenters. The summed E-state index contributed by atoms with van der Waals surface area (Å²) in [4.78, 5) is 0. The predicted molar refractivity (Wildman–Crippen MR) is 119 cm³/mol. The van der Waals surface area contributed by atoms with E-state index in [9.17, 15) is 0 Å². The molecule has 0 fully saturated rings. The lowest BCUT2D eigenvalue weighted by molar-refractivity contribution is 0.269. The Morgan fingerprint density at radius 2 is 1.79 bits per heavy atom. The summed E-state index contributed by atoms with van der Waals surface area (Å²) in [6.45, 7) is 3.44. The van der Waals surface area contributed by atoms with Crippen molar-refractivity contribution in [2.75, 3.05) is 6.61 Å². The number of ether oxygens (including phenoxy) is 2. The predicted octanol–water partition coefficient (Wildman–Crippen LogP) is 6.09. The van der Waals surface area contributed by atoms with Gasteiger partial charge in [-0.05, 0) is 60.0 Å². The van der Waals surface area contributed by atoms with E-state index in [1.165, 1.54) is 0 Å². The Kier molecular flexibility index (Phi) is 7.79. The molecule has 0 radical (unpaired) electrons. The van der Waals surface area contributed by atoms with E-state index in [1.807, 2.05) is 73.7 Å². The second kappa shape index (κ2) is 10.7. The molecule has 3 rings (SSSR count). The third-order valence-electron chi connectivity index (χ3n) is 4.08. The molecule has 0 amide bonds. The van der Waals surface area contributed by atoms with Crippen LogP contribution in [0.3, 0.4) is 0 Å². The van der Waals surface area contributed by atoms with E-state index in [0.717, 1.165) is 21.7 Å². The van der Waals surface area contributed by atoms with E-state index in [4.69, 9.17) is 32.7 Å². The van der Waals surface area contributed by atoms with Crippen molar-refractivity contribution in [2.24, 2.45) is 5.10 Å². The van der Waals surface area contributed by atoms with Gasteiger partial charge in [0, 0.05) is 10.0 Å². The van der Waals surface area contributed by atoms with Crippen molar-refractivity contribution in [3.05, 3.63) is 93.5 Å². The van der Waals surface area contributed by atoms with Gasteiger partial charge in [0.1, 0.15) is 6.61 Å². The highest BCUT2D eigenvalue weighted by atomic mass is 35.5. The van der Waals surface area contributed by atoms with Crippen molar-refractivity contribution in [1.82, 2.24) is 5.43 Å². The van der Waals surface area contributed by atoms with Crippen molar-refractivity contribution in [2.45, 2.75) is 20.1 Å². The summed E-state index contributed by atoms with van der Waals surface area (Å²) in [7, 11) is 0. The first-order valence-electron chi connectivity index (χ1n) is 9.29. The smallest absolute Gasteiger partial charge is 0.161 e.